The lowest BCUT2D eigenvalue weighted by Crippen LogP contribution is -2.45. The van der Waals surface area contributed by atoms with Crippen LogP contribution in [0.5, 0.6) is 0 Å². The minimum Gasteiger partial charge on any atom is -0.324 e. The van der Waals surface area contributed by atoms with Crippen molar-refractivity contribution in [1.29, 1.82) is 0 Å². The van der Waals surface area contributed by atoms with Crippen LogP contribution in [0.2, 0.25) is 0 Å². The van der Waals surface area contributed by atoms with Gasteiger partial charge in [-0.2, -0.15) is 0 Å². The summed E-state index contributed by atoms with van der Waals surface area (Å²) in [6.45, 7) is 3.76. The van der Waals surface area contributed by atoms with E-state index < -0.39 is 33.7 Å². The van der Waals surface area contributed by atoms with Crippen LogP contribution in [0.4, 0.5) is 10.1 Å². The molecule has 142 valence electrons. The van der Waals surface area contributed by atoms with Crippen LogP contribution in [0.1, 0.15) is 24.0 Å². The fourth-order valence-electron chi connectivity index (χ4n) is 3.19. The zero-order chi connectivity index (χ0) is 19.8. The van der Waals surface area contributed by atoms with Crippen molar-refractivity contribution in [3.63, 3.8) is 0 Å². The number of aryl methyl sites for hydroxylation is 2. The van der Waals surface area contributed by atoms with Gasteiger partial charge in [-0.15, -0.1) is 0 Å². The third-order valence-electron chi connectivity index (χ3n) is 4.32. The van der Waals surface area contributed by atoms with Crippen LogP contribution in [0.3, 0.4) is 0 Å². The smallest absolute Gasteiger partial charge is 0.267 e. The van der Waals surface area contributed by atoms with Gasteiger partial charge in [-0.3, -0.25) is 9.59 Å². The van der Waals surface area contributed by atoms with Crippen LogP contribution >= 0.6 is 0 Å². The third-order valence-corrected chi connectivity index (χ3v) is 6.17. The highest BCUT2D eigenvalue weighted by Gasteiger charge is 2.44. The third kappa shape index (κ3) is 3.85. The predicted molar refractivity (Wildman–Crippen MR) is 98.0 cm³/mol. The van der Waals surface area contributed by atoms with Gasteiger partial charge in [-0.25, -0.2) is 17.1 Å². The first kappa shape index (κ1) is 19.0. The Hall–Kier alpha value is -2.74. The average Bonchev–Trinajstić information content (AvgIpc) is 2.97. The SMILES string of the molecule is Cc1cc(C)cc(NC(=O)[C@H]2CCC(=O)N2S(=O)(=O)c2ccc(F)cc2)c1. The first-order valence-electron chi connectivity index (χ1n) is 8.40. The minimum absolute atomic E-state index is 0.0502. The Balaban J connectivity index is 1.89. The van der Waals surface area contributed by atoms with E-state index in [1.807, 2.05) is 19.9 Å². The van der Waals surface area contributed by atoms with Gasteiger partial charge in [-0.05, 0) is 67.8 Å². The molecule has 2 aromatic carbocycles. The Labute approximate surface area is 157 Å². The van der Waals surface area contributed by atoms with Crippen molar-refractivity contribution in [2.45, 2.75) is 37.6 Å². The number of halogens is 1. The summed E-state index contributed by atoms with van der Waals surface area (Å²) >= 11 is 0. The molecule has 0 unspecified atom stereocenters. The number of nitrogens with zero attached hydrogens (tertiary/aromatic N) is 1. The largest absolute Gasteiger partial charge is 0.324 e. The van der Waals surface area contributed by atoms with Gasteiger partial charge in [0.2, 0.25) is 11.8 Å². The summed E-state index contributed by atoms with van der Waals surface area (Å²) in [5.41, 5.74) is 2.43. The molecular formula is C19H19FN2O4S. The van der Waals surface area contributed by atoms with Crippen LogP contribution in [-0.4, -0.2) is 30.6 Å². The number of hydrogen-bond donors (Lipinski definition) is 1. The number of nitrogens with one attached hydrogen (secondary N) is 1. The molecule has 2 amide bonds. The van der Waals surface area contributed by atoms with Gasteiger partial charge in [0.15, 0.2) is 0 Å². The molecule has 1 heterocycles. The van der Waals surface area contributed by atoms with Gasteiger partial charge >= 0.3 is 0 Å². The van der Waals surface area contributed by atoms with E-state index in [1.54, 1.807) is 12.1 Å². The topological polar surface area (TPSA) is 83.6 Å². The lowest BCUT2D eigenvalue weighted by atomic mass is 10.1. The fraction of sp³-hybridized carbons (Fsp3) is 0.263. The van der Waals surface area contributed by atoms with E-state index in [9.17, 15) is 22.4 Å². The molecule has 1 saturated heterocycles. The van der Waals surface area contributed by atoms with Crippen LogP contribution in [0.15, 0.2) is 47.4 Å². The maximum Gasteiger partial charge on any atom is 0.267 e. The second-order valence-electron chi connectivity index (χ2n) is 6.57. The molecular weight excluding hydrogens is 371 g/mol. The molecule has 1 aliphatic heterocycles. The van der Waals surface area contributed by atoms with Crippen molar-refractivity contribution < 1.29 is 22.4 Å². The maximum atomic E-state index is 13.1. The summed E-state index contributed by atoms with van der Waals surface area (Å²) in [4.78, 5) is 24.7. The summed E-state index contributed by atoms with van der Waals surface area (Å²) < 4.78 is 39.4. The minimum atomic E-state index is -4.25. The van der Waals surface area contributed by atoms with E-state index in [-0.39, 0.29) is 17.7 Å². The van der Waals surface area contributed by atoms with E-state index in [1.165, 1.54) is 0 Å². The first-order chi connectivity index (χ1) is 12.7. The van der Waals surface area contributed by atoms with E-state index in [4.69, 9.17) is 0 Å². The second kappa shape index (κ2) is 7.11. The first-order valence-corrected chi connectivity index (χ1v) is 9.84. The Morgan fingerprint density at radius 1 is 1.11 bits per heavy atom. The molecule has 6 nitrogen and oxygen atoms in total. The zero-order valence-electron chi connectivity index (χ0n) is 14.9. The van der Waals surface area contributed by atoms with Gasteiger partial charge in [0.05, 0.1) is 4.90 Å². The van der Waals surface area contributed by atoms with E-state index in [0.29, 0.717) is 9.99 Å². The fourth-order valence-corrected chi connectivity index (χ4v) is 4.80. The molecule has 3 rings (SSSR count). The average molecular weight is 390 g/mol. The number of amides is 2. The van der Waals surface area contributed by atoms with Gasteiger partial charge in [-0.1, -0.05) is 6.07 Å². The van der Waals surface area contributed by atoms with Gasteiger partial charge in [0.25, 0.3) is 10.0 Å². The normalized spacial score (nSPS) is 17.2. The van der Waals surface area contributed by atoms with E-state index in [2.05, 4.69) is 5.32 Å². The van der Waals surface area contributed by atoms with E-state index in [0.717, 1.165) is 35.4 Å². The Morgan fingerprint density at radius 3 is 2.30 bits per heavy atom. The number of anilines is 1. The number of hydrogen-bond acceptors (Lipinski definition) is 4. The Bertz CT molecular complexity index is 983. The molecule has 1 atom stereocenters. The Kier molecular flexibility index (Phi) is 5.01. The monoisotopic (exact) mass is 390 g/mol. The number of carbonyl (C=O) groups is 2. The van der Waals surface area contributed by atoms with Crippen LogP contribution in [0.25, 0.3) is 0 Å². The lowest BCUT2D eigenvalue weighted by molar-refractivity contribution is -0.128. The summed E-state index contributed by atoms with van der Waals surface area (Å²) in [5, 5.41) is 2.69. The number of rotatable bonds is 4. The molecule has 0 radical (unpaired) electrons. The Morgan fingerprint density at radius 2 is 1.70 bits per heavy atom. The predicted octanol–water partition coefficient (Wildman–Crippen LogP) is 2.76. The standard InChI is InChI=1S/C19H19FN2O4S/c1-12-9-13(2)11-15(10-12)21-19(24)17-7-8-18(23)22(17)27(25,26)16-5-3-14(20)4-6-16/h3-6,9-11,17H,7-8H2,1-2H3,(H,21,24)/t17-/m1/s1. The van der Waals surface area contributed by atoms with Crippen LogP contribution in [0, 0.1) is 19.7 Å². The lowest BCUT2D eigenvalue weighted by Gasteiger charge is -2.24. The molecule has 1 N–H and O–H groups in total. The quantitative estimate of drug-likeness (QED) is 0.870. The molecule has 1 fully saturated rings. The van der Waals surface area contributed by atoms with Crippen molar-refractivity contribution in [2.75, 3.05) is 5.32 Å². The van der Waals surface area contributed by atoms with Gasteiger partial charge in [0.1, 0.15) is 11.9 Å². The van der Waals surface area contributed by atoms with Crippen molar-refractivity contribution in [3.8, 4) is 0 Å². The molecule has 8 heteroatoms. The molecule has 0 aliphatic carbocycles. The molecule has 27 heavy (non-hydrogen) atoms. The molecule has 1 aliphatic rings. The highest BCUT2D eigenvalue weighted by atomic mass is 32.2. The van der Waals surface area contributed by atoms with Crippen LogP contribution in [-0.2, 0) is 19.6 Å². The molecule has 2 aromatic rings. The van der Waals surface area contributed by atoms with Crippen molar-refractivity contribution in [3.05, 3.63) is 59.4 Å². The van der Waals surface area contributed by atoms with Crippen molar-refractivity contribution in [2.24, 2.45) is 0 Å². The number of sulfonamides is 1. The maximum absolute atomic E-state index is 13.1. The molecule has 0 spiro atoms. The summed E-state index contributed by atoms with van der Waals surface area (Å²) in [7, 11) is -4.25. The van der Waals surface area contributed by atoms with Gasteiger partial charge < -0.3 is 5.32 Å². The highest BCUT2D eigenvalue weighted by Crippen LogP contribution is 2.28. The number of benzene rings is 2. The molecule has 0 saturated carbocycles. The zero-order valence-corrected chi connectivity index (χ0v) is 15.7. The molecule has 0 bridgehead atoms. The number of carbonyl (C=O) groups excluding carboxylic acids is 2. The summed E-state index contributed by atoms with van der Waals surface area (Å²) in [5.74, 6) is -1.82. The summed E-state index contributed by atoms with van der Waals surface area (Å²) in [6.07, 6.45) is 0.0429. The van der Waals surface area contributed by atoms with Crippen molar-refractivity contribution in [1.82, 2.24) is 4.31 Å². The van der Waals surface area contributed by atoms with Crippen LogP contribution < -0.4 is 5.32 Å². The van der Waals surface area contributed by atoms with Crippen molar-refractivity contribution >= 4 is 27.5 Å². The van der Waals surface area contributed by atoms with Gasteiger partial charge in [0, 0.05) is 12.1 Å². The molecule has 0 aromatic heterocycles. The summed E-state index contributed by atoms with van der Waals surface area (Å²) in [6, 6.07) is 8.48. The highest BCUT2D eigenvalue weighted by molar-refractivity contribution is 7.89. The second-order valence-corrected chi connectivity index (χ2v) is 8.38. The van der Waals surface area contributed by atoms with E-state index >= 15 is 0 Å².